The molecule has 0 atom stereocenters. The fourth-order valence-electron chi connectivity index (χ4n) is 1.27. The molecule has 17 heavy (non-hydrogen) atoms. The van der Waals surface area contributed by atoms with E-state index in [1.54, 1.807) is 0 Å². The van der Waals surface area contributed by atoms with Gasteiger partial charge in [0.25, 0.3) is 0 Å². The van der Waals surface area contributed by atoms with Crippen LogP contribution in [0.3, 0.4) is 0 Å². The SMILES string of the molecule is CC(C)OCCOc1cc(N)ccc1C(=O)O. The Bertz CT molecular complexity index is 390. The van der Waals surface area contributed by atoms with Gasteiger partial charge in [0.15, 0.2) is 0 Å². The minimum Gasteiger partial charge on any atom is -0.490 e. The van der Waals surface area contributed by atoms with Gasteiger partial charge >= 0.3 is 5.97 Å². The number of benzene rings is 1. The van der Waals surface area contributed by atoms with Gasteiger partial charge in [-0.15, -0.1) is 0 Å². The molecular weight excluding hydrogens is 222 g/mol. The minimum absolute atomic E-state index is 0.101. The van der Waals surface area contributed by atoms with Gasteiger partial charge in [-0.2, -0.15) is 0 Å². The Balaban J connectivity index is 2.62. The van der Waals surface area contributed by atoms with Crippen LogP contribution in [0, 0.1) is 0 Å². The van der Waals surface area contributed by atoms with Crippen LogP contribution in [0.1, 0.15) is 24.2 Å². The number of aromatic carboxylic acids is 1. The summed E-state index contributed by atoms with van der Waals surface area (Å²) in [6.45, 7) is 4.54. The standard InChI is InChI=1S/C12H17NO4/c1-8(2)16-5-6-17-11-7-9(13)3-4-10(11)12(14)15/h3-4,7-8H,5-6,13H2,1-2H3,(H,14,15). The van der Waals surface area contributed by atoms with Gasteiger partial charge in [-0.3, -0.25) is 0 Å². The summed E-state index contributed by atoms with van der Waals surface area (Å²) in [4.78, 5) is 10.9. The Hall–Kier alpha value is -1.75. The van der Waals surface area contributed by atoms with Gasteiger partial charge in [0.05, 0.1) is 12.7 Å². The molecule has 1 aromatic rings. The van der Waals surface area contributed by atoms with Crippen LogP contribution < -0.4 is 10.5 Å². The van der Waals surface area contributed by atoms with Crippen LogP contribution in [-0.2, 0) is 4.74 Å². The molecule has 1 aromatic carbocycles. The van der Waals surface area contributed by atoms with E-state index in [9.17, 15) is 4.79 Å². The molecule has 5 nitrogen and oxygen atoms in total. The topological polar surface area (TPSA) is 81.8 Å². The molecule has 0 amide bonds. The highest BCUT2D eigenvalue weighted by Gasteiger charge is 2.11. The summed E-state index contributed by atoms with van der Waals surface area (Å²) < 4.78 is 10.6. The van der Waals surface area contributed by atoms with Crippen LogP contribution >= 0.6 is 0 Å². The zero-order valence-electron chi connectivity index (χ0n) is 9.97. The molecule has 0 heterocycles. The smallest absolute Gasteiger partial charge is 0.339 e. The highest BCUT2D eigenvalue weighted by atomic mass is 16.5. The van der Waals surface area contributed by atoms with Crippen molar-refractivity contribution in [2.75, 3.05) is 18.9 Å². The molecule has 1 rings (SSSR count). The first-order chi connectivity index (χ1) is 8.00. The molecule has 0 spiro atoms. The number of nitrogen functional groups attached to an aromatic ring is 1. The number of carbonyl (C=O) groups is 1. The monoisotopic (exact) mass is 239 g/mol. The highest BCUT2D eigenvalue weighted by molar-refractivity contribution is 5.91. The molecule has 0 aromatic heterocycles. The van der Waals surface area contributed by atoms with Gasteiger partial charge < -0.3 is 20.3 Å². The van der Waals surface area contributed by atoms with Crippen LogP contribution in [0.2, 0.25) is 0 Å². The zero-order valence-corrected chi connectivity index (χ0v) is 9.97. The highest BCUT2D eigenvalue weighted by Crippen LogP contribution is 2.21. The first-order valence-corrected chi connectivity index (χ1v) is 5.38. The molecule has 0 aliphatic rings. The van der Waals surface area contributed by atoms with Crippen molar-refractivity contribution >= 4 is 11.7 Å². The maximum atomic E-state index is 10.9. The summed E-state index contributed by atoms with van der Waals surface area (Å²) >= 11 is 0. The van der Waals surface area contributed by atoms with Crippen LogP contribution in [0.5, 0.6) is 5.75 Å². The zero-order chi connectivity index (χ0) is 12.8. The lowest BCUT2D eigenvalue weighted by atomic mass is 10.2. The Morgan fingerprint density at radius 2 is 2.12 bits per heavy atom. The number of hydrogen-bond donors (Lipinski definition) is 2. The van der Waals surface area contributed by atoms with E-state index in [0.29, 0.717) is 18.9 Å². The number of carboxylic acids is 1. The third-order valence-electron chi connectivity index (χ3n) is 2.03. The predicted octanol–water partition coefficient (Wildman–Crippen LogP) is 1.77. The molecule has 5 heteroatoms. The van der Waals surface area contributed by atoms with E-state index < -0.39 is 5.97 Å². The van der Waals surface area contributed by atoms with E-state index in [-0.39, 0.29) is 17.4 Å². The Morgan fingerprint density at radius 3 is 2.71 bits per heavy atom. The van der Waals surface area contributed by atoms with E-state index in [2.05, 4.69) is 0 Å². The molecular formula is C12H17NO4. The van der Waals surface area contributed by atoms with Crippen LogP contribution in [0.4, 0.5) is 5.69 Å². The van der Waals surface area contributed by atoms with E-state index in [1.165, 1.54) is 18.2 Å². The van der Waals surface area contributed by atoms with Gasteiger partial charge in [-0.1, -0.05) is 0 Å². The number of ether oxygens (including phenoxy) is 2. The Labute approximate surface area is 100 Å². The van der Waals surface area contributed by atoms with Crippen LogP contribution in [0.25, 0.3) is 0 Å². The summed E-state index contributed by atoms with van der Waals surface area (Å²) in [5.74, 6) is -0.769. The maximum absolute atomic E-state index is 10.9. The summed E-state index contributed by atoms with van der Waals surface area (Å²) in [5, 5.41) is 8.95. The quantitative estimate of drug-likeness (QED) is 0.584. The van der Waals surface area contributed by atoms with Crippen molar-refractivity contribution in [2.45, 2.75) is 20.0 Å². The lowest BCUT2D eigenvalue weighted by molar-refractivity contribution is 0.0538. The average Bonchev–Trinajstić information content (AvgIpc) is 2.23. The van der Waals surface area contributed by atoms with Crippen LogP contribution in [-0.4, -0.2) is 30.4 Å². The normalized spacial score (nSPS) is 10.5. The Kier molecular flexibility index (Phi) is 4.78. The van der Waals surface area contributed by atoms with E-state index in [0.717, 1.165) is 0 Å². The molecule has 0 fully saturated rings. The maximum Gasteiger partial charge on any atom is 0.339 e. The van der Waals surface area contributed by atoms with Crippen molar-refractivity contribution in [1.29, 1.82) is 0 Å². The summed E-state index contributed by atoms with van der Waals surface area (Å²) in [7, 11) is 0. The number of nitrogens with two attached hydrogens (primary N) is 1. The lowest BCUT2D eigenvalue weighted by Crippen LogP contribution is -2.13. The third kappa shape index (κ3) is 4.32. The number of hydrogen-bond acceptors (Lipinski definition) is 4. The number of rotatable bonds is 6. The molecule has 0 unspecified atom stereocenters. The van der Waals surface area contributed by atoms with Crippen molar-refractivity contribution in [3.05, 3.63) is 23.8 Å². The van der Waals surface area contributed by atoms with Crippen molar-refractivity contribution in [3.63, 3.8) is 0 Å². The van der Waals surface area contributed by atoms with Crippen molar-refractivity contribution < 1.29 is 19.4 Å². The molecule has 0 saturated heterocycles. The van der Waals surface area contributed by atoms with E-state index in [1.807, 2.05) is 13.8 Å². The van der Waals surface area contributed by atoms with Crippen LogP contribution in [0.15, 0.2) is 18.2 Å². The van der Waals surface area contributed by atoms with E-state index in [4.69, 9.17) is 20.3 Å². The van der Waals surface area contributed by atoms with Gasteiger partial charge in [-0.25, -0.2) is 4.79 Å². The van der Waals surface area contributed by atoms with Gasteiger partial charge in [0.2, 0.25) is 0 Å². The molecule has 0 aliphatic carbocycles. The summed E-state index contributed by atoms with van der Waals surface area (Å²) in [6, 6.07) is 4.45. The fraction of sp³-hybridized carbons (Fsp3) is 0.417. The van der Waals surface area contributed by atoms with Gasteiger partial charge in [0.1, 0.15) is 17.9 Å². The molecule has 0 radical (unpaired) electrons. The molecule has 3 N–H and O–H groups in total. The first-order valence-electron chi connectivity index (χ1n) is 5.38. The number of anilines is 1. The van der Waals surface area contributed by atoms with E-state index >= 15 is 0 Å². The third-order valence-corrected chi connectivity index (χ3v) is 2.03. The lowest BCUT2D eigenvalue weighted by Gasteiger charge is -2.11. The van der Waals surface area contributed by atoms with Gasteiger partial charge in [0, 0.05) is 11.8 Å². The Morgan fingerprint density at radius 1 is 1.41 bits per heavy atom. The minimum atomic E-state index is -1.04. The number of carboxylic acid groups (broad SMARTS) is 1. The summed E-state index contributed by atoms with van der Waals surface area (Å²) in [6.07, 6.45) is 0.124. The van der Waals surface area contributed by atoms with Crippen molar-refractivity contribution in [2.24, 2.45) is 0 Å². The second-order valence-corrected chi connectivity index (χ2v) is 3.83. The van der Waals surface area contributed by atoms with Gasteiger partial charge in [-0.05, 0) is 26.0 Å². The molecule has 0 bridgehead atoms. The molecule has 0 aliphatic heterocycles. The average molecular weight is 239 g/mol. The summed E-state index contributed by atoms with van der Waals surface area (Å²) in [5.41, 5.74) is 6.14. The first kappa shape index (κ1) is 13.3. The second-order valence-electron chi connectivity index (χ2n) is 3.83. The predicted molar refractivity (Wildman–Crippen MR) is 64.4 cm³/mol. The van der Waals surface area contributed by atoms with Crippen molar-refractivity contribution in [3.8, 4) is 5.75 Å². The second kappa shape index (κ2) is 6.10. The fourth-order valence-corrected chi connectivity index (χ4v) is 1.27. The van der Waals surface area contributed by atoms with Crippen molar-refractivity contribution in [1.82, 2.24) is 0 Å². The molecule has 0 saturated carbocycles. The largest absolute Gasteiger partial charge is 0.490 e. The molecule has 94 valence electrons.